The third-order valence-corrected chi connectivity index (χ3v) is 3.04. The van der Waals surface area contributed by atoms with Crippen molar-refractivity contribution in [2.24, 2.45) is 5.92 Å². The molecule has 0 aromatic carbocycles. The summed E-state index contributed by atoms with van der Waals surface area (Å²) in [6, 6.07) is 0. The molecule has 102 valence electrons. The number of methoxy groups -OCH3 is 1. The van der Waals surface area contributed by atoms with E-state index < -0.39 is 0 Å². The van der Waals surface area contributed by atoms with Crippen molar-refractivity contribution >= 4 is 0 Å². The number of hydrogen-bond donors (Lipinski definition) is 1. The quantitative estimate of drug-likeness (QED) is 0.679. The Morgan fingerprint density at radius 3 is 3.11 bits per heavy atom. The minimum Gasteiger partial charge on any atom is -0.382 e. The lowest BCUT2D eigenvalue weighted by molar-refractivity contribution is 0.0714. The van der Waals surface area contributed by atoms with Crippen LogP contribution in [0.2, 0.25) is 0 Å². The van der Waals surface area contributed by atoms with Crippen LogP contribution in [0.25, 0.3) is 0 Å². The van der Waals surface area contributed by atoms with Gasteiger partial charge >= 0.3 is 0 Å². The van der Waals surface area contributed by atoms with Crippen LogP contribution in [0.1, 0.15) is 18.1 Å². The van der Waals surface area contributed by atoms with Gasteiger partial charge in [-0.1, -0.05) is 5.16 Å². The van der Waals surface area contributed by atoms with Gasteiger partial charge < -0.3 is 19.3 Å². The van der Waals surface area contributed by atoms with Crippen LogP contribution in [0.3, 0.4) is 0 Å². The molecule has 1 saturated heterocycles. The number of rotatable bonds is 8. The molecule has 1 fully saturated rings. The molecule has 1 N–H and O–H groups in total. The SMILES string of the molecule is COCCOCCc1noc(CC2CCNC2)n1. The standard InChI is InChI=1S/C12H21N3O3/c1-16-6-7-17-5-3-11-14-12(18-15-11)8-10-2-4-13-9-10/h10,13H,2-9H2,1H3. The normalized spacial score (nSPS) is 19.5. The average molecular weight is 255 g/mol. The van der Waals surface area contributed by atoms with E-state index in [0.29, 0.717) is 32.2 Å². The van der Waals surface area contributed by atoms with Gasteiger partial charge in [0.25, 0.3) is 0 Å². The van der Waals surface area contributed by atoms with Crippen molar-refractivity contribution in [3.05, 3.63) is 11.7 Å². The zero-order valence-corrected chi connectivity index (χ0v) is 10.9. The van der Waals surface area contributed by atoms with Crippen LogP contribution in [0.5, 0.6) is 0 Å². The summed E-state index contributed by atoms with van der Waals surface area (Å²) in [5.41, 5.74) is 0. The maximum atomic E-state index is 5.36. The molecule has 0 radical (unpaired) electrons. The Hall–Kier alpha value is -0.980. The lowest BCUT2D eigenvalue weighted by Crippen LogP contribution is -2.11. The van der Waals surface area contributed by atoms with E-state index in [9.17, 15) is 0 Å². The Morgan fingerprint density at radius 1 is 1.39 bits per heavy atom. The van der Waals surface area contributed by atoms with E-state index in [4.69, 9.17) is 14.0 Å². The van der Waals surface area contributed by atoms with E-state index in [1.807, 2.05) is 0 Å². The summed E-state index contributed by atoms with van der Waals surface area (Å²) in [7, 11) is 1.66. The predicted molar refractivity (Wildman–Crippen MR) is 65.4 cm³/mol. The van der Waals surface area contributed by atoms with Crippen molar-refractivity contribution in [3.8, 4) is 0 Å². The van der Waals surface area contributed by atoms with E-state index in [1.54, 1.807) is 7.11 Å². The van der Waals surface area contributed by atoms with Crippen LogP contribution in [0.4, 0.5) is 0 Å². The smallest absolute Gasteiger partial charge is 0.226 e. The highest BCUT2D eigenvalue weighted by Gasteiger charge is 2.18. The second kappa shape index (κ2) is 7.45. The summed E-state index contributed by atoms with van der Waals surface area (Å²) in [6.07, 6.45) is 2.76. The number of hydrogen-bond acceptors (Lipinski definition) is 6. The Morgan fingerprint density at radius 2 is 2.33 bits per heavy atom. The first-order valence-electron chi connectivity index (χ1n) is 6.47. The van der Waals surface area contributed by atoms with Gasteiger partial charge in [0.05, 0.1) is 19.8 Å². The van der Waals surface area contributed by atoms with E-state index in [0.717, 1.165) is 31.2 Å². The maximum Gasteiger partial charge on any atom is 0.226 e. The molecule has 0 aliphatic carbocycles. The summed E-state index contributed by atoms with van der Waals surface area (Å²) in [6.45, 7) is 3.98. The van der Waals surface area contributed by atoms with Crippen molar-refractivity contribution in [1.29, 1.82) is 0 Å². The Bertz CT molecular complexity index is 337. The van der Waals surface area contributed by atoms with E-state index in [1.165, 1.54) is 6.42 Å². The molecule has 18 heavy (non-hydrogen) atoms. The van der Waals surface area contributed by atoms with Crippen molar-refractivity contribution in [2.45, 2.75) is 19.3 Å². The summed E-state index contributed by atoms with van der Waals surface area (Å²) in [5.74, 6) is 2.11. The lowest BCUT2D eigenvalue weighted by Gasteiger charge is -2.02. The second-order valence-corrected chi connectivity index (χ2v) is 4.52. The van der Waals surface area contributed by atoms with Crippen LogP contribution in [0, 0.1) is 5.92 Å². The van der Waals surface area contributed by atoms with Crippen LogP contribution in [-0.2, 0) is 22.3 Å². The summed E-state index contributed by atoms with van der Waals surface area (Å²) in [4.78, 5) is 4.37. The molecule has 6 nitrogen and oxygen atoms in total. The van der Waals surface area contributed by atoms with Crippen LogP contribution < -0.4 is 5.32 Å². The third-order valence-electron chi connectivity index (χ3n) is 3.04. The molecule has 1 aliphatic heterocycles. The molecule has 0 bridgehead atoms. The van der Waals surface area contributed by atoms with Gasteiger partial charge in [-0.2, -0.15) is 4.98 Å². The highest BCUT2D eigenvalue weighted by molar-refractivity contribution is 4.89. The van der Waals surface area contributed by atoms with Gasteiger partial charge in [-0.25, -0.2) is 0 Å². The molecule has 2 rings (SSSR count). The Labute approximate surface area is 107 Å². The van der Waals surface area contributed by atoms with Crippen LogP contribution >= 0.6 is 0 Å². The first-order valence-corrected chi connectivity index (χ1v) is 6.47. The average Bonchev–Trinajstić information content (AvgIpc) is 3.02. The first kappa shape index (κ1) is 13.5. The molecular weight excluding hydrogens is 234 g/mol. The fraction of sp³-hybridized carbons (Fsp3) is 0.833. The maximum absolute atomic E-state index is 5.36. The van der Waals surface area contributed by atoms with Crippen molar-refractivity contribution < 1.29 is 14.0 Å². The summed E-state index contributed by atoms with van der Waals surface area (Å²) >= 11 is 0. The molecule has 1 aliphatic rings. The summed E-state index contributed by atoms with van der Waals surface area (Å²) in [5, 5.41) is 7.29. The molecule has 1 unspecified atom stereocenters. The molecular formula is C12H21N3O3. The van der Waals surface area contributed by atoms with Gasteiger partial charge in [-0.15, -0.1) is 0 Å². The van der Waals surface area contributed by atoms with Crippen molar-refractivity contribution in [2.75, 3.05) is 40.0 Å². The van der Waals surface area contributed by atoms with Crippen LogP contribution in [0.15, 0.2) is 4.52 Å². The molecule has 1 atom stereocenters. The predicted octanol–water partition coefficient (Wildman–Crippen LogP) is 0.427. The fourth-order valence-electron chi connectivity index (χ4n) is 2.02. The lowest BCUT2D eigenvalue weighted by atomic mass is 10.1. The van der Waals surface area contributed by atoms with E-state index in [2.05, 4.69) is 15.5 Å². The van der Waals surface area contributed by atoms with Crippen molar-refractivity contribution in [3.63, 3.8) is 0 Å². The minimum absolute atomic E-state index is 0.604. The molecule has 2 heterocycles. The topological polar surface area (TPSA) is 69.4 Å². The van der Waals surface area contributed by atoms with Crippen molar-refractivity contribution in [1.82, 2.24) is 15.5 Å². The molecule has 0 spiro atoms. The molecule has 6 heteroatoms. The number of nitrogens with one attached hydrogen (secondary N) is 1. The number of nitrogens with zero attached hydrogens (tertiary/aromatic N) is 2. The van der Waals surface area contributed by atoms with Gasteiger partial charge in [0.1, 0.15) is 0 Å². The van der Waals surface area contributed by atoms with E-state index in [-0.39, 0.29) is 0 Å². The highest BCUT2D eigenvalue weighted by Crippen LogP contribution is 2.13. The molecule has 1 aromatic heterocycles. The Balaban J connectivity index is 1.65. The van der Waals surface area contributed by atoms with Gasteiger partial charge in [-0.05, 0) is 25.4 Å². The van der Waals surface area contributed by atoms with E-state index >= 15 is 0 Å². The molecule has 0 saturated carbocycles. The molecule has 1 aromatic rings. The second-order valence-electron chi connectivity index (χ2n) is 4.52. The third kappa shape index (κ3) is 4.36. The van der Waals surface area contributed by atoms with Gasteiger partial charge in [-0.3, -0.25) is 0 Å². The number of ether oxygens (including phenoxy) is 2. The van der Waals surface area contributed by atoms with Gasteiger partial charge in [0.15, 0.2) is 5.82 Å². The first-order chi connectivity index (χ1) is 8.88. The van der Waals surface area contributed by atoms with Gasteiger partial charge in [0, 0.05) is 20.0 Å². The molecule has 0 amide bonds. The largest absolute Gasteiger partial charge is 0.382 e. The zero-order valence-electron chi connectivity index (χ0n) is 10.9. The minimum atomic E-state index is 0.604. The summed E-state index contributed by atoms with van der Waals surface area (Å²) < 4.78 is 15.5. The highest BCUT2D eigenvalue weighted by atomic mass is 16.5. The Kier molecular flexibility index (Phi) is 5.57. The fourth-order valence-corrected chi connectivity index (χ4v) is 2.02. The monoisotopic (exact) mass is 255 g/mol. The zero-order chi connectivity index (χ0) is 12.6. The van der Waals surface area contributed by atoms with Crippen LogP contribution in [-0.4, -0.2) is 50.2 Å². The van der Waals surface area contributed by atoms with Gasteiger partial charge in [0.2, 0.25) is 5.89 Å². The number of aromatic nitrogens is 2.